The predicted molar refractivity (Wildman–Crippen MR) is 45.9 cm³/mol. The first kappa shape index (κ1) is 8.97. The number of rotatable bonds is 1. The molecular weight excluding hydrogens is 170 g/mol. The van der Waals surface area contributed by atoms with Crippen LogP contribution in [0.2, 0.25) is 0 Å². The zero-order chi connectivity index (χ0) is 9.85. The van der Waals surface area contributed by atoms with E-state index in [0.29, 0.717) is 12.8 Å². The quantitative estimate of drug-likeness (QED) is 0.503. The molecule has 1 unspecified atom stereocenters. The third kappa shape index (κ3) is 0.901. The molecule has 0 aromatic rings. The summed E-state index contributed by atoms with van der Waals surface area (Å²) < 4.78 is 0. The van der Waals surface area contributed by atoms with E-state index in [1.165, 1.54) is 0 Å². The van der Waals surface area contributed by atoms with Gasteiger partial charge in [0.25, 0.3) is 0 Å². The minimum absolute atomic E-state index is 0.116. The highest BCUT2D eigenvalue weighted by Gasteiger charge is 2.71. The van der Waals surface area contributed by atoms with Crippen molar-refractivity contribution in [1.29, 1.82) is 0 Å². The van der Waals surface area contributed by atoms with Crippen molar-refractivity contribution in [1.82, 2.24) is 5.32 Å². The molecule has 2 aliphatic carbocycles. The van der Waals surface area contributed by atoms with Gasteiger partial charge in [0, 0.05) is 7.05 Å². The van der Waals surface area contributed by atoms with Crippen molar-refractivity contribution in [2.75, 3.05) is 7.05 Å². The average Bonchev–Trinajstić information content (AvgIpc) is 2.69. The predicted octanol–water partition coefficient (Wildman–Crippen LogP) is -0.746. The van der Waals surface area contributed by atoms with E-state index in [1.807, 2.05) is 0 Å². The van der Waals surface area contributed by atoms with Crippen molar-refractivity contribution in [3.05, 3.63) is 0 Å². The van der Waals surface area contributed by atoms with Crippen LogP contribution in [0.5, 0.6) is 0 Å². The van der Waals surface area contributed by atoms with Crippen LogP contribution >= 0.6 is 0 Å². The molecule has 2 rings (SSSR count). The highest BCUT2D eigenvalue weighted by Crippen LogP contribution is 2.62. The average molecular weight is 185 g/mol. The monoisotopic (exact) mass is 185 g/mol. The van der Waals surface area contributed by atoms with Crippen molar-refractivity contribution in [3.63, 3.8) is 0 Å². The van der Waals surface area contributed by atoms with Crippen LogP contribution < -0.4 is 5.32 Å². The summed E-state index contributed by atoms with van der Waals surface area (Å²) in [7, 11) is 1.55. The summed E-state index contributed by atoms with van der Waals surface area (Å²) in [5.41, 5.74) is -1.77. The SMILES string of the molecule is CNC(=O)C1(C)C[C@H]2C[C@]2(O)[C@@H]1O. The number of amides is 1. The van der Waals surface area contributed by atoms with E-state index in [0.717, 1.165) is 0 Å². The number of nitrogens with one attached hydrogen (secondary N) is 1. The van der Waals surface area contributed by atoms with E-state index in [1.54, 1.807) is 14.0 Å². The summed E-state index contributed by atoms with van der Waals surface area (Å²) in [5, 5.41) is 22.1. The Morgan fingerprint density at radius 2 is 2.15 bits per heavy atom. The van der Waals surface area contributed by atoms with Gasteiger partial charge in [0.2, 0.25) is 5.91 Å². The van der Waals surface area contributed by atoms with E-state index in [2.05, 4.69) is 5.32 Å². The number of carbonyl (C=O) groups excluding carboxylic acids is 1. The summed E-state index contributed by atoms with van der Waals surface area (Å²) in [5.74, 6) is -0.0644. The molecule has 3 N–H and O–H groups in total. The smallest absolute Gasteiger partial charge is 0.228 e. The topological polar surface area (TPSA) is 69.6 Å². The Morgan fingerprint density at radius 3 is 2.54 bits per heavy atom. The Kier molecular flexibility index (Phi) is 1.55. The molecule has 2 fully saturated rings. The number of hydrogen-bond acceptors (Lipinski definition) is 3. The molecule has 0 aliphatic heterocycles. The van der Waals surface area contributed by atoms with Gasteiger partial charge in [0.15, 0.2) is 0 Å². The number of aliphatic hydroxyl groups excluding tert-OH is 1. The van der Waals surface area contributed by atoms with Crippen molar-refractivity contribution < 1.29 is 15.0 Å². The molecule has 13 heavy (non-hydrogen) atoms. The van der Waals surface area contributed by atoms with Gasteiger partial charge in [-0.05, 0) is 25.7 Å². The maximum absolute atomic E-state index is 11.5. The molecule has 0 aromatic heterocycles. The van der Waals surface area contributed by atoms with Gasteiger partial charge in [0.05, 0.1) is 17.1 Å². The van der Waals surface area contributed by atoms with Gasteiger partial charge < -0.3 is 15.5 Å². The lowest BCUT2D eigenvalue weighted by atomic mass is 9.81. The molecule has 2 aliphatic rings. The standard InChI is InChI=1S/C9H15NO3/c1-8(7(12)10-2)3-5-4-9(5,13)6(8)11/h5-6,11,13H,3-4H2,1-2H3,(H,10,12)/t5-,6+,8?,9+/m0/s1. The highest BCUT2D eigenvalue weighted by atomic mass is 16.4. The van der Waals surface area contributed by atoms with Crippen LogP contribution in [0.4, 0.5) is 0 Å². The molecule has 0 radical (unpaired) electrons. The van der Waals surface area contributed by atoms with Gasteiger partial charge in [0.1, 0.15) is 0 Å². The van der Waals surface area contributed by atoms with E-state index in [-0.39, 0.29) is 11.8 Å². The Bertz CT molecular complexity index is 268. The summed E-state index contributed by atoms with van der Waals surface area (Å²) in [6.45, 7) is 1.71. The maximum Gasteiger partial charge on any atom is 0.228 e. The molecule has 0 spiro atoms. The molecule has 2 saturated carbocycles. The van der Waals surface area contributed by atoms with Crippen LogP contribution in [0.25, 0.3) is 0 Å². The second-order valence-corrected chi connectivity index (χ2v) is 4.50. The fraction of sp³-hybridized carbons (Fsp3) is 0.889. The van der Waals surface area contributed by atoms with Gasteiger partial charge in [-0.2, -0.15) is 0 Å². The number of fused-ring (bicyclic) bond motifs is 1. The summed E-state index contributed by atoms with van der Waals surface area (Å²) in [4.78, 5) is 11.5. The summed E-state index contributed by atoms with van der Waals surface area (Å²) >= 11 is 0. The van der Waals surface area contributed by atoms with Gasteiger partial charge in [-0.3, -0.25) is 4.79 Å². The largest absolute Gasteiger partial charge is 0.389 e. The highest BCUT2D eigenvalue weighted by molar-refractivity contribution is 5.83. The minimum atomic E-state index is -0.971. The second kappa shape index (κ2) is 2.25. The lowest BCUT2D eigenvalue weighted by Gasteiger charge is -2.30. The lowest BCUT2D eigenvalue weighted by molar-refractivity contribution is -0.139. The second-order valence-electron chi connectivity index (χ2n) is 4.50. The molecule has 1 amide bonds. The van der Waals surface area contributed by atoms with Crippen molar-refractivity contribution in [2.24, 2.45) is 11.3 Å². The zero-order valence-electron chi connectivity index (χ0n) is 7.87. The van der Waals surface area contributed by atoms with Crippen molar-refractivity contribution in [3.8, 4) is 0 Å². The summed E-state index contributed by atoms with van der Waals surface area (Å²) in [6.07, 6.45) is 0.315. The minimum Gasteiger partial charge on any atom is -0.389 e. The molecule has 4 atom stereocenters. The summed E-state index contributed by atoms with van der Waals surface area (Å²) in [6, 6.07) is 0. The van der Waals surface area contributed by atoms with Crippen molar-refractivity contribution in [2.45, 2.75) is 31.5 Å². The molecular formula is C9H15NO3. The lowest BCUT2D eigenvalue weighted by Crippen LogP contribution is -2.47. The van der Waals surface area contributed by atoms with Crippen LogP contribution in [-0.4, -0.2) is 34.9 Å². The fourth-order valence-electron chi connectivity index (χ4n) is 2.60. The molecule has 0 saturated heterocycles. The Morgan fingerprint density at radius 1 is 1.54 bits per heavy atom. The number of hydrogen-bond donors (Lipinski definition) is 3. The molecule has 0 aromatic carbocycles. The van der Waals surface area contributed by atoms with Crippen LogP contribution in [0.1, 0.15) is 19.8 Å². The Hall–Kier alpha value is -0.610. The first-order valence-corrected chi connectivity index (χ1v) is 4.58. The zero-order valence-corrected chi connectivity index (χ0v) is 7.87. The van der Waals surface area contributed by atoms with Gasteiger partial charge >= 0.3 is 0 Å². The van der Waals surface area contributed by atoms with E-state index < -0.39 is 17.1 Å². The van der Waals surface area contributed by atoms with Gasteiger partial charge in [-0.15, -0.1) is 0 Å². The normalized spacial score (nSPS) is 52.9. The van der Waals surface area contributed by atoms with Crippen molar-refractivity contribution >= 4 is 5.91 Å². The third-order valence-corrected chi connectivity index (χ3v) is 3.61. The molecule has 74 valence electrons. The molecule has 4 nitrogen and oxygen atoms in total. The Balaban J connectivity index is 2.23. The Labute approximate surface area is 76.9 Å². The fourth-order valence-corrected chi connectivity index (χ4v) is 2.60. The molecule has 0 heterocycles. The first-order valence-electron chi connectivity index (χ1n) is 4.58. The number of aliphatic hydroxyl groups is 2. The number of carbonyl (C=O) groups is 1. The molecule has 4 heteroatoms. The van der Waals surface area contributed by atoms with E-state index in [4.69, 9.17) is 0 Å². The third-order valence-electron chi connectivity index (χ3n) is 3.61. The molecule has 0 bridgehead atoms. The van der Waals surface area contributed by atoms with Gasteiger partial charge in [-0.1, -0.05) is 0 Å². The van der Waals surface area contributed by atoms with E-state index >= 15 is 0 Å². The first-order chi connectivity index (χ1) is 5.95. The van der Waals surface area contributed by atoms with Crippen LogP contribution in [0.15, 0.2) is 0 Å². The van der Waals surface area contributed by atoms with Crippen LogP contribution in [0.3, 0.4) is 0 Å². The maximum atomic E-state index is 11.5. The van der Waals surface area contributed by atoms with Crippen LogP contribution in [0, 0.1) is 11.3 Å². The van der Waals surface area contributed by atoms with E-state index in [9.17, 15) is 15.0 Å². The van der Waals surface area contributed by atoms with Crippen LogP contribution in [-0.2, 0) is 4.79 Å². The van der Waals surface area contributed by atoms with Gasteiger partial charge in [-0.25, -0.2) is 0 Å².